The van der Waals surface area contributed by atoms with Crippen molar-refractivity contribution in [2.75, 3.05) is 13.6 Å². The van der Waals surface area contributed by atoms with Crippen LogP contribution in [-0.4, -0.2) is 42.4 Å². The van der Waals surface area contributed by atoms with E-state index in [-0.39, 0.29) is 25.5 Å². The number of piperidine rings is 1. The number of ether oxygens (including phenoxy) is 1. The van der Waals surface area contributed by atoms with E-state index in [2.05, 4.69) is 27.4 Å². The number of rotatable bonds is 3. The number of carbonyl (C=O) groups excluding carboxylic acids is 2. The molecule has 2 aliphatic rings. The lowest BCUT2D eigenvalue weighted by Crippen LogP contribution is -2.47. The number of allylic oxidation sites excluding steroid dienone is 1. The van der Waals surface area contributed by atoms with Gasteiger partial charge in [-0.1, -0.05) is 39.8 Å². The van der Waals surface area contributed by atoms with Crippen LogP contribution in [0, 0.1) is 17.8 Å². The first-order chi connectivity index (χ1) is 11.2. The standard InChI is InChI=1S/C11H19NO.C9H16O2.H2/c1-7(2)10-8(3)6-12(5)11(13)9(10)4;1-3-8-5-7(10)6-9(4-2)11-8;/h8-10H,1,6H2,2-5H3;8-9H,3-6H2,1-2H3;1H. The van der Waals surface area contributed by atoms with Gasteiger partial charge < -0.3 is 9.64 Å². The van der Waals surface area contributed by atoms with Crippen molar-refractivity contribution in [3.63, 3.8) is 0 Å². The van der Waals surface area contributed by atoms with Crippen molar-refractivity contribution in [3.8, 4) is 0 Å². The van der Waals surface area contributed by atoms with Gasteiger partial charge in [-0.2, -0.15) is 0 Å². The van der Waals surface area contributed by atoms with Gasteiger partial charge in [-0.3, -0.25) is 9.59 Å². The van der Waals surface area contributed by atoms with E-state index in [4.69, 9.17) is 4.74 Å². The van der Waals surface area contributed by atoms with Crippen molar-refractivity contribution in [1.82, 2.24) is 4.90 Å². The van der Waals surface area contributed by atoms with Crippen LogP contribution in [0.2, 0.25) is 0 Å². The molecule has 24 heavy (non-hydrogen) atoms. The van der Waals surface area contributed by atoms with Crippen molar-refractivity contribution in [3.05, 3.63) is 12.2 Å². The van der Waals surface area contributed by atoms with Gasteiger partial charge in [0.05, 0.1) is 12.2 Å². The maximum Gasteiger partial charge on any atom is 0.225 e. The molecule has 5 unspecified atom stereocenters. The van der Waals surface area contributed by atoms with Gasteiger partial charge in [0.15, 0.2) is 0 Å². The third-order valence-electron chi connectivity index (χ3n) is 5.25. The molecule has 4 heteroatoms. The minimum atomic E-state index is 0. The highest BCUT2D eigenvalue weighted by atomic mass is 16.5. The lowest BCUT2D eigenvalue weighted by molar-refractivity contribution is -0.140. The molecule has 1 amide bonds. The third kappa shape index (κ3) is 5.44. The highest BCUT2D eigenvalue weighted by Gasteiger charge is 2.36. The van der Waals surface area contributed by atoms with E-state index in [1.807, 2.05) is 25.8 Å². The first-order valence-electron chi connectivity index (χ1n) is 9.28. The molecule has 0 aliphatic carbocycles. The summed E-state index contributed by atoms with van der Waals surface area (Å²) in [6.07, 6.45) is 3.58. The van der Waals surface area contributed by atoms with E-state index in [0.717, 1.165) is 25.0 Å². The van der Waals surface area contributed by atoms with E-state index < -0.39 is 0 Å². The van der Waals surface area contributed by atoms with Crippen LogP contribution in [-0.2, 0) is 14.3 Å². The number of carbonyl (C=O) groups is 2. The lowest BCUT2D eigenvalue weighted by atomic mass is 9.75. The van der Waals surface area contributed by atoms with Gasteiger partial charge in [0, 0.05) is 33.8 Å². The van der Waals surface area contributed by atoms with E-state index >= 15 is 0 Å². The van der Waals surface area contributed by atoms with E-state index in [1.54, 1.807) is 0 Å². The summed E-state index contributed by atoms with van der Waals surface area (Å²) in [5.41, 5.74) is 1.14. The zero-order valence-electron chi connectivity index (χ0n) is 16.3. The van der Waals surface area contributed by atoms with Crippen molar-refractivity contribution in [2.45, 2.75) is 72.5 Å². The Morgan fingerprint density at radius 2 is 1.71 bits per heavy atom. The Bertz CT molecular complexity index is 452. The predicted molar refractivity (Wildman–Crippen MR) is 99.9 cm³/mol. The molecule has 0 N–H and O–H groups in total. The smallest absolute Gasteiger partial charge is 0.225 e. The third-order valence-corrected chi connectivity index (χ3v) is 5.25. The van der Waals surface area contributed by atoms with Gasteiger partial charge in [0.1, 0.15) is 5.78 Å². The van der Waals surface area contributed by atoms with Crippen molar-refractivity contribution < 1.29 is 15.8 Å². The quantitative estimate of drug-likeness (QED) is 0.728. The van der Waals surface area contributed by atoms with Gasteiger partial charge in [0.2, 0.25) is 5.91 Å². The van der Waals surface area contributed by atoms with E-state index in [9.17, 15) is 9.59 Å². The summed E-state index contributed by atoms with van der Waals surface area (Å²) < 4.78 is 5.63. The number of hydrogen-bond acceptors (Lipinski definition) is 3. The molecule has 2 saturated heterocycles. The predicted octanol–water partition coefficient (Wildman–Crippen LogP) is 4.09. The van der Waals surface area contributed by atoms with E-state index in [1.165, 1.54) is 0 Å². The molecule has 2 aliphatic heterocycles. The molecule has 0 aromatic heterocycles. The fraction of sp³-hybridized carbons (Fsp3) is 0.800. The molecule has 0 saturated carbocycles. The fourth-order valence-corrected chi connectivity index (χ4v) is 3.98. The molecule has 0 spiro atoms. The molecule has 4 nitrogen and oxygen atoms in total. The Labute approximate surface area is 149 Å². The minimum Gasteiger partial charge on any atom is -0.374 e. The van der Waals surface area contributed by atoms with Crippen LogP contribution in [0.15, 0.2) is 12.2 Å². The van der Waals surface area contributed by atoms with Crippen LogP contribution in [0.25, 0.3) is 0 Å². The molecular weight excluding hydrogens is 302 g/mol. The largest absolute Gasteiger partial charge is 0.374 e. The number of nitrogens with zero attached hydrogens (tertiary/aromatic N) is 1. The van der Waals surface area contributed by atoms with Gasteiger partial charge in [-0.15, -0.1) is 0 Å². The number of ketones is 1. The van der Waals surface area contributed by atoms with Crippen molar-refractivity contribution in [2.24, 2.45) is 17.8 Å². The molecule has 0 bridgehead atoms. The first-order valence-corrected chi connectivity index (χ1v) is 9.28. The molecule has 2 heterocycles. The molecule has 5 atom stereocenters. The van der Waals surface area contributed by atoms with Gasteiger partial charge >= 0.3 is 0 Å². The van der Waals surface area contributed by atoms with E-state index in [0.29, 0.717) is 30.5 Å². The Balaban J connectivity index is 0.000000449. The summed E-state index contributed by atoms with van der Waals surface area (Å²) in [6.45, 7) is 15.2. The van der Waals surface area contributed by atoms with Gasteiger partial charge in [0.25, 0.3) is 0 Å². The Morgan fingerprint density at radius 1 is 1.21 bits per heavy atom. The maximum atomic E-state index is 11.7. The van der Waals surface area contributed by atoms with Crippen molar-refractivity contribution in [1.29, 1.82) is 0 Å². The molecule has 0 aromatic rings. The normalized spacial score (nSPS) is 33.8. The van der Waals surface area contributed by atoms with Crippen LogP contribution in [0.1, 0.15) is 61.7 Å². The SMILES string of the molecule is C=C(C)C1C(C)CN(C)C(=O)C1C.CCC1CC(=O)CC(CC)O1.[HH]. The molecule has 2 rings (SSSR count). The molecule has 0 radical (unpaired) electrons. The number of amides is 1. The van der Waals surface area contributed by atoms with Crippen molar-refractivity contribution >= 4 is 11.7 Å². The second-order valence-corrected chi connectivity index (χ2v) is 7.50. The summed E-state index contributed by atoms with van der Waals surface area (Å²) in [6, 6.07) is 0. The Kier molecular flexibility index (Phi) is 8.14. The van der Waals surface area contributed by atoms with Crippen LogP contribution < -0.4 is 0 Å². The highest BCUT2D eigenvalue weighted by molar-refractivity contribution is 5.80. The highest BCUT2D eigenvalue weighted by Crippen LogP contribution is 2.33. The Morgan fingerprint density at radius 3 is 2.12 bits per heavy atom. The molecule has 140 valence electrons. The molecule has 0 aromatic carbocycles. The summed E-state index contributed by atoms with van der Waals surface area (Å²) in [4.78, 5) is 24.6. The van der Waals surface area contributed by atoms with Crippen LogP contribution in [0.4, 0.5) is 0 Å². The Hall–Kier alpha value is -1.16. The average molecular weight is 340 g/mol. The van der Waals surface area contributed by atoms with Crippen LogP contribution >= 0.6 is 0 Å². The minimum absolute atomic E-state index is 0. The second kappa shape index (κ2) is 9.36. The van der Waals surface area contributed by atoms with Gasteiger partial charge in [-0.05, 0) is 31.6 Å². The lowest BCUT2D eigenvalue weighted by Gasteiger charge is -2.39. The average Bonchev–Trinajstić information content (AvgIpc) is 2.52. The van der Waals surface area contributed by atoms with Crippen LogP contribution in [0.3, 0.4) is 0 Å². The number of Topliss-reactive ketones (excluding diaryl/α,β-unsaturated/α-hetero) is 1. The molecular formula is C20H37NO3. The first kappa shape index (κ1) is 20.9. The summed E-state index contributed by atoms with van der Waals surface area (Å²) in [5, 5.41) is 0. The summed E-state index contributed by atoms with van der Waals surface area (Å²) >= 11 is 0. The zero-order valence-corrected chi connectivity index (χ0v) is 16.3. The molecule has 2 fully saturated rings. The summed E-state index contributed by atoms with van der Waals surface area (Å²) in [5.74, 6) is 1.63. The monoisotopic (exact) mass is 339 g/mol. The number of hydrogen-bond donors (Lipinski definition) is 0. The topological polar surface area (TPSA) is 46.6 Å². The second-order valence-electron chi connectivity index (χ2n) is 7.50. The zero-order chi connectivity index (χ0) is 18.4. The number of likely N-dealkylation sites (tertiary alicyclic amines) is 1. The van der Waals surface area contributed by atoms with Crippen LogP contribution in [0.5, 0.6) is 0 Å². The maximum absolute atomic E-state index is 11.7. The summed E-state index contributed by atoms with van der Waals surface area (Å²) in [7, 11) is 1.88. The fourth-order valence-electron chi connectivity index (χ4n) is 3.98. The van der Waals surface area contributed by atoms with Gasteiger partial charge in [-0.25, -0.2) is 0 Å².